The van der Waals surface area contributed by atoms with Crippen molar-refractivity contribution in [3.05, 3.63) is 0 Å². The molecular formula is C17H33N. The van der Waals surface area contributed by atoms with Crippen molar-refractivity contribution in [2.45, 2.75) is 96.6 Å². The Morgan fingerprint density at radius 1 is 0.889 bits per heavy atom. The fourth-order valence-corrected chi connectivity index (χ4v) is 4.28. The average Bonchev–Trinajstić information content (AvgIpc) is 2.87. The van der Waals surface area contributed by atoms with Crippen LogP contribution < -0.4 is 0 Å². The first kappa shape index (κ1) is 14.4. The Morgan fingerprint density at radius 3 is 2.50 bits per heavy atom. The van der Waals surface area contributed by atoms with E-state index in [1.54, 1.807) is 0 Å². The zero-order chi connectivity index (χ0) is 12.8. The van der Waals surface area contributed by atoms with Gasteiger partial charge in [-0.3, -0.25) is 4.90 Å². The minimum Gasteiger partial charge on any atom is -0.297 e. The Bertz CT molecular complexity index is 226. The SMILES string of the molecule is CCCCCC1CCC(CCCC)C2CCCN12. The molecule has 0 aromatic rings. The molecule has 0 radical (unpaired) electrons. The lowest BCUT2D eigenvalue weighted by Crippen LogP contribution is -2.47. The van der Waals surface area contributed by atoms with E-state index in [0.717, 1.165) is 18.0 Å². The fourth-order valence-electron chi connectivity index (χ4n) is 4.28. The van der Waals surface area contributed by atoms with Gasteiger partial charge in [-0.25, -0.2) is 0 Å². The van der Waals surface area contributed by atoms with Crippen molar-refractivity contribution in [1.29, 1.82) is 0 Å². The highest BCUT2D eigenvalue weighted by atomic mass is 15.2. The van der Waals surface area contributed by atoms with Crippen LogP contribution in [0, 0.1) is 5.92 Å². The summed E-state index contributed by atoms with van der Waals surface area (Å²) in [6, 6.07) is 1.92. The van der Waals surface area contributed by atoms with Gasteiger partial charge in [0.1, 0.15) is 0 Å². The van der Waals surface area contributed by atoms with E-state index in [2.05, 4.69) is 18.7 Å². The number of piperidine rings is 1. The summed E-state index contributed by atoms with van der Waals surface area (Å²) in [4.78, 5) is 2.92. The second-order valence-corrected chi connectivity index (χ2v) is 6.58. The molecule has 0 spiro atoms. The summed E-state index contributed by atoms with van der Waals surface area (Å²) in [5, 5.41) is 0. The molecular weight excluding hydrogens is 218 g/mol. The second-order valence-electron chi connectivity index (χ2n) is 6.58. The van der Waals surface area contributed by atoms with Crippen LogP contribution in [0.2, 0.25) is 0 Å². The number of unbranched alkanes of at least 4 members (excludes halogenated alkanes) is 3. The van der Waals surface area contributed by atoms with Crippen LogP contribution in [0.1, 0.15) is 84.5 Å². The van der Waals surface area contributed by atoms with E-state index in [4.69, 9.17) is 0 Å². The highest BCUT2D eigenvalue weighted by Crippen LogP contribution is 2.39. The monoisotopic (exact) mass is 251 g/mol. The quantitative estimate of drug-likeness (QED) is 0.576. The minimum atomic E-state index is 0.946. The molecule has 3 atom stereocenters. The Kier molecular flexibility index (Phi) is 6.01. The smallest absolute Gasteiger partial charge is 0.0127 e. The summed E-state index contributed by atoms with van der Waals surface area (Å²) in [5.41, 5.74) is 0. The van der Waals surface area contributed by atoms with Crippen molar-refractivity contribution < 1.29 is 0 Å². The molecule has 0 bridgehead atoms. The Morgan fingerprint density at radius 2 is 1.72 bits per heavy atom. The third kappa shape index (κ3) is 3.50. The van der Waals surface area contributed by atoms with Crippen molar-refractivity contribution >= 4 is 0 Å². The summed E-state index contributed by atoms with van der Waals surface area (Å²) in [6.07, 6.45) is 16.1. The van der Waals surface area contributed by atoms with Gasteiger partial charge in [0.2, 0.25) is 0 Å². The van der Waals surface area contributed by atoms with Crippen molar-refractivity contribution in [2.75, 3.05) is 6.54 Å². The predicted molar refractivity (Wildman–Crippen MR) is 79.9 cm³/mol. The zero-order valence-corrected chi connectivity index (χ0v) is 12.7. The highest BCUT2D eigenvalue weighted by molar-refractivity contribution is 4.93. The number of rotatable bonds is 7. The predicted octanol–water partition coefficient (Wildman–Crippen LogP) is 5.00. The molecule has 2 aliphatic heterocycles. The molecule has 3 unspecified atom stereocenters. The first-order valence-corrected chi connectivity index (χ1v) is 8.62. The molecule has 0 saturated carbocycles. The molecule has 0 amide bonds. The van der Waals surface area contributed by atoms with Crippen LogP contribution >= 0.6 is 0 Å². The van der Waals surface area contributed by atoms with Crippen LogP contribution in [0.15, 0.2) is 0 Å². The van der Waals surface area contributed by atoms with Gasteiger partial charge in [0, 0.05) is 12.1 Å². The van der Waals surface area contributed by atoms with Gasteiger partial charge in [-0.2, -0.15) is 0 Å². The maximum Gasteiger partial charge on any atom is 0.0127 e. The van der Waals surface area contributed by atoms with Gasteiger partial charge < -0.3 is 0 Å². The summed E-state index contributed by atoms with van der Waals surface area (Å²) in [6.45, 7) is 6.06. The zero-order valence-electron chi connectivity index (χ0n) is 12.7. The lowest BCUT2D eigenvalue weighted by molar-refractivity contribution is 0.0629. The number of fused-ring (bicyclic) bond motifs is 1. The molecule has 2 saturated heterocycles. The minimum absolute atomic E-state index is 0.946. The average molecular weight is 251 g/mol. The van der Waals surface area contributed by atoms with Crippen LogP contribution in [-0.4, -0.2) is 23.5 Å². The Hall–Kier alpha value is -0.0400. The van der Waals surface area contributed by atoms with Crippen LogP contribution in [0.4, 0.5) is 0 Å². The molecule has 106 valence electrons. The van der Waals surface area contributed by atoms with Crippen molar-refractivity contribution in [2.24, 2.45) is 5.92 Å². The molecule has 1 nitrogen and oxygen atoms in total. The molecule has 18 heavy (non-hydrogen) atoms. The first-order chi connectivity index (χ1) is 8.86. The molecule has 0 aliphatic carbocycles. The van der Waals surface area contributed by atoms with E-state index in [9.17, 15) is 0 Å². The summed E-state index contributed by atoms with van der Waals surface area (Å²) >= 11 is 0. The van der Waals surface area contributed by atoms with Crippen LogP contribution in [0.5, 0.6) is 0 Å². The van der Waals surface area contributed by atoms with E-state index < -0.39 is 0 Å². The lowest BCUT2D eigenvalue weighted by atomic mass is 9.81. The standard InChI is InChI=1S/C17H33N/c1-3-5-7-10-16-13-12-15(9-6-4-2)17-11-8-14-18(16)17/h15-17H,3-14H2,1-2H3. The van der Waals surface area contributed by atoms with E-state index in [1.165, 1.54) is 77.2 Å². The van der Waals surface area contributed by atoms with Crippen LogP contribution in [0.3, 0.4) is 0 Å². The number of hydrogen-bond donors (Lipinski definition) is 0. The summed E-state index contributed by atoms with van der Waals surface area (Å²) < 4.78 is 0. The van der Waals surface area contributed by atoms with E-state index >= 15 is 0 Å². The second kappa shape index (κ2) is 7.53. The summed E-state index contributed by atoms with van der Waals surface area (Å²) in [5.74, 6) is 1.04. The fraction of sp³-hybridized carbons (Fsp3) is 1.00. The Labute approximate surface area is 114 Å². The molecule has 2 heterocycles. The van der Waals surface area contributed by atoms with E-state index in [0.29, 0.717) is 0 Å². The molecule has 1 heteroatoms. The van der Waals surface area contributed by atoms with Crippen molar-refractivity contribution in [1.82, 2.24) is 4.90 Å². The van der Waals surface area contributed by atoms with Gasteiger partial charge in [-0.15, -0.1) is 0 Å². The molecule has 2 aliphatic rings. The molecule has 2 fully saturated rings. The van der Waals surface area contributed by atoms with Crippen molar-refractivity contribution in [3.63, 3.8) is 0 Å². The highest BCUT2D eigenvalue weighted by Gasteiger charge is 2.38. The van der Waals surface area contributed by atoms with E-state index in [-0.39, 0.29) is 0 Å². The van der Waals surface area contributed by atoms with Gasteiger partial charge in [0.05, 0.1) is 0 Å². The van der Waals surface area contributed by atoms with Gasteiger partial charge in [-0.05, 0) is 51.0 Å². The third-order valence-electron chi connectivity index (χ3n) is 5.30. The van der Waals surface area contributed by atoms with Gasteiger partial charge in [-0.1, -0.05) is 46.0 Å². The Balaban J connectivity index is 1.83. The van der Waals surface area contributed by atoms with Gasteiger partial charge in [0.25, 0.3) is 0 Å². The summed E-state index contributed by atoms with van der Waals surface area (Å²) in [7, 11) is 0. The first-order valence-electron chi connectivity index (χ1n) is 8.62. The molecule has 0 N–H and O–H groups in total. The van der Waals surface area contributed by atoms with Gasteiger partial charge in [0.15, 0.2) is 0 Å². The largest absolute Gasteiger partial charge is 0.297 e. The molecule has 2 rings (SSSR count). The van der Waals surface area contributed by atoms with E-state index in [1.807, 2.05) is 0 Å². The maximum atomic E-state index is 2.92. The van der Waals surface area contributed by atoms with Crippen molar-refractivity contribution in [3.8, 4) is 0 Å². The third-order valence-corrected chi connectivity index (χ3v) is 5.30. The topological polar surface area (TPSA) is 3.24 Å². The lowest BCUT2D eigenvalue weighted by Gasteiger charge is -2.43. The molecule has 0 aromatic heterocycles. The normalized spacial score (nSPS) is 32.7. The number of nitrogens with zero attached hydrogens (tertiary/aromatic N) is 1. The van der Waals surface area contributed by atoms with Crippen LogP contribution in [0.25, 0.3) is 0 Å². The van der Waals surface area contributed by atoms with Gasteiger partial charge >= 0.3 is 0 Å². The molecule has 0 aromatic carbocycles. The number of hydrogen-bond acceptors (Lipinski definition) is 1. The van der Waals surface area contributed by atoms with Crippen LogP contribution in [-0.2, 0) is 0 Å². The maximum absolute atomic E-state index is 2.92.